The van der Waals surface area contributed by atoms with E-state index in [1.807, 2.05) is 6.92 Å². The van der Waals surface area contributed by atoms with Crippen LogP contribution in [0.2, 0.25) is 0 Å². The number of aromatic amines is 1. The monoisotopic (exact) mass is 400 g/mol. The Balaban J connectivity index is 1.94. The minimum absolute atomic E-state index is 0.0226. The summed E-state index contributed by atoms with van der Waals surface area (Å²) in [5.41, 5.74) is -0.770. The number of rotatable bonds is 3. The van der Waals surface area contributed by atoms with Gasteiger partial charge in [0.2, 0.25) is 0 Å². The molecule has 1 atom stereocenters. The molecule has 2 heterocycles. The lowest BCUT2D eigenvalue weighted by molar-refractivity contribution is 0.0312. The maximum atomic E-state index is 13.7. The second kappa shape index (κ2) is 6.76. The van der Waals surface area contributed by atoms with Crippen molar-refractivity contribution in [1.82, 2.24) is 9.97 Å². The number of hydrogen-bond donors (Lipinski definition) is 1. The van der Waals surface area contributed by atoms with Gasteiger partial charge >= 0.3 is 5.97 Å². The Labute approximate surface area is 153 Å². The first-order valence-corrected chi connectivity index (χ1v) is 8.47. The molecule has 0 fully saturated rings. The molecule has 0 saturated heterocycles. The number of fused-ring (bicyclic) bond motifs is 1. The molecule has 27 heavy (non-hydrogen) atoms. The van der Waals surface area contributed by atoms with Crippen LogP contribution in [0, 0.1) is 37.1 Å². The fourth-order valence-corrected chi connectivity index (χ4v) is 3.50. The van der Waals surface area contributed by atoms with Gasteiger partial charge in [0.25, 0.3) is 5.56 Å². The van der Waals surface area contributed by atoms with Gasteiger partial charge in [-0.3, -0.25) is 4.79 Å². The fourth-order valence-electron chi connectivity index (χ4n) is 2.47. The first-order chi connectivity index (χ1) is 12.6. The summed E-state index contributed by atoms with van der Waals surface area (Å²) in [6.07, 6.45) is -1.16. The average Bonchev–Trinajstić information content (AvgIpc) is 2.90. The van der Waals surface area contributed by atoms with Gasteiger partial charge in [0.15, 0.2) is 35.2 Å². The Morgan fingerprint density at radius 2 is 1.85 bits per heavy atom. The summed E-state index contributed by atoms with van der Waals surface area (Å²) in [4.78, 5) is 32.3. The molecule has 0 amide bonds. The van der Waals surface area contributed by atoms with E-state index < -0.39 is 46.5 Å². The van der Waals surface area contributed by atoms with Gasteiger partial charge in [-0.15, -0.1) is 11.3 Å². The Hall–Kier alpha value is -2.75. The molecule has 2 aromatic heterocycles. The highest BCUT2D eigenvalue weighted by atomic mass is 32.1. The van der Waals surface area contributed by atoms with E-state index in [1.54, 1.807) is 6.92 Å². The van der Waals surface area contributed by atoms with Crippen molar-refractivity contribution in [2.24, 2.45) is 0 Å². The summed E-state index contributed by atoms with van der Waals surface area (Å²) in [6, 6.07) is 0.203. The summed E-state index contributed by atoms with van der Waals surface area (Å²) in [6.45, 7) is 4.93. The number of halogens is 4. The van der Waals surface area contributed by atoms with Crippen LogP contribution in [0.4, 0.5) is 17.6 Å². The fraction of sp³-hybridized carbons (Fsp3) is 0.235. The molecule has 0 aliphatic heterocycles. The number of H-pyrrole nitrogens is 1. The highest BCUT2D eigenvalue weighted by molar-refractivity contribution is 7.18. The highest BCUT2D eigenvalue weighted by Crippen LogP contribution is 2.27. The van der Waals surface area contributed by atoms with Crippen molar-refractivity contribution in [3.63, 3.8) is 0 Å². The molecule has 1 N–H and O–H groups in total. The number of thiophene rings is 1. The van der Waals surface area contributed by atoms with Crippen molar-refractivity contribution < 1.29 is 27.1 Å². The molecule has 0 radical (unpaired) electrons. The number of ether oxygens (including phenoxy) is 1. The number of carbonyl (C=O) groups is 1. The van der Waals surface area contributed by atoms with Crippen molar-refractivity contribution in [2.45, 2.75) is 26.9 Å². The number of nitrogens with one attached hydrogen (secondary N) is 1. The zero-order valence-corrected chi connectivity index (χ0v) is 15.1. The van der Waals surface area contributed by atoms with Crippen molar-refractivity contribution in [3.05, 3.63) is 61.5 Å². The summed E-state index contributed by atoms with van der Waals surface area (Å²) >= 11 is 1.28. The van der Waals surface area contributed by atoms with Crippen LogP contribution < -0.4 is 5.56 Å². The molecule has 5 nitrogen and oxygen atoms in total. The van der Waals surface area contributed by atoms with E-state index in [-0.39, 0.29) is 11.9 Å². The lowest BCUT2D eigenvalue weighted by Crippen LogP contribution is -2.18. The molecule has 3 aromatic rings. The predicted octanol–water partition coefficient (Wildman–Crippen LogP) is 4.08. The standard InChI is InChI=1S/C17H12F4N2O3S/c1-5-7(3)27-16-10(5)15(24)22-14(23-16)6(2)26-17(25)8-4-9(18)12(20)13(21)11(8)19/h4,6H,1-3H3,(H,22,23,24)/t6-/m1/s1. The van der Waals surface area contributed by atoms with Gasteiger partial charge in [-0.05, 0) is 32.4 Å². The number of benzene rings is 1. The molecular weight excluding hydrogens is 388 g/mol. The van der Waals surface area contributed by atoms with Crippen LogP contribution in [0.5, 0.6) is 0 Å². The van der Waals surface area contributed by atoms with Crippen molar-refractivity contribution >= 4 is 27.5 Å². The second-order valence-electron chi connectivity index (χ2n) is 5.81. The third kappa shape index (κ3) is 3.20. The van der Waals surface area contributed by atoms with E-state index in [4.69, 9.17) is 4.74 Å². The van der Waals surface area contributed by atoms with E-state index in [2.05, 4.69) is 9.97 Å². The number of carbonyl (C=O) groups excluding carboxylic acids is 1. The SMILES string of the molecule is Cc1sc2nc([C@@H](C)OC(=O)c3cc(F)c(F)c(F)c3F)[nH]c(=O)c2c1C. The topological polar surface area (TPSA) is 72.0 Å². The van der Waals surface area contributed by atoms with Gasteiger partial charge < -0.3 is 9.72 Å². The predicted molar refractivity (Wildman–Crippen MR) is 89.8 cm³/mol. The van der Waals surface area contributed by atoms with E-state index in [9.17, 15) is 27.2 Å². The quantitative estimate of drug-likeness (QED) is 0.311. The Morgan fingerprint density at radius 3 is 2.52 bits per heavy atom. The van der Waals surface area contributed by atoms with Crippen LogP contribution in [-0.2, 0) is 4.74 Å². The van der Waals surface area contributed by atoms with Crippen LogP contribution in [0.15, 0.2) is 10.9 Å². The summed E-state index contributed by atoms with van der Waals surface area (Å²) < 4.78 is 58.2. The molecule has 0 bridgehead atoms. The lowest BCUT2D eigenvalue weighted by Gasteiger charge is -2.13. The van der Waals surface area contributed by atoms with Crippen LogP contribution in [0.1, 0.15) is 39.7 Å². The summed E-state index contributed by atoms with van der Waals surface area (Å²) in [7, 11) is 0. The zero-order chi connectivity index (χ0) is 20.0. The molecular formula is C17H12F4N2O3S. The van der Waals surface area contributed by atoms with Gasteiger partial charge in [-0.1, -0.05) is 0 Å². The van der Waals surface area contributed by atoms with E-state index >= 15 is 0 Å². The molecule has 0 saturated carbocycles. The Morgan fingerprint density at radius 1 is 1.19 bits per heavy atom. The number of esters is 1. The molecule has 3 rings (SSSR count). The van der Waals surface area contributed by atoms with Gasteiger partial charge in [-0.25, -0.2) is 27.3 Å². The van der Waals surface area contributed by atoms with E-state index in [1.165, 1.54) is 18.3 Å². The molecule has 0 aliphatic carbocycles. The highest BCUT2D eigenvalue weighted by Gasteiger charge is 2.26. The lowest BCUT2D eigenvalue weighted by atomic mass is 10.2. The van der Waals surface area contributed by atoms with Crippen LogP contribution in [-0.4, -0.2) is 15.9 Å². The molecule has 10 heteroatoms. The maximum Gasteiger partial charge on any atom is 0.342 e. The van der Waals surface area contributed by atoms with Crippen LogP contribution in [0.25, 0.3) is 10.2 Å². The maximum absolute atomic E-state index is 13.7. The normalized spacial score (nSPS) is 12.4. The number of aromatic nitrogens is 2. The smallest absolute Gasteiger partial charge is 0.342 e. The third-order valence-corrected chi connectivity index (χ3v) is 5.15. The molecule has 0 unspecified atom stereocenters. The van der Waals surface area contributed by atoms with Crippen molar-refractivity contribution in [2.75, 3.05) is 0 Å². The minimum Gasteiger partial charge on any atom is -0.451 e. The average molecular weight is 400 g/mol. The Bertz CT molecular complexity index is 1140. The Kier molecular flexibility index (Phi) is 4.77. The third-order valence-electron chi connectivity index (χ3n) is 4.05. The first-order valence-electron chi connectivity index (χ1n) is 7.65. The largest absolute Gasteiger partial charge is 0.451 e. The van der Waals surface area contributed by atoms with Crippen molar-refractivity contribution in [1.29, 1.82) is 0 Å². The van der Waals surface area contributed by atoms with Gasteiger partial charge in [0.05, 0.1) is 5.39 Å². The molecule has 0 aliphatic rings. The summed E-state index contributed by atoms with van der Waals surface area (Å²) in [5, 5.41) is 0.411. The number of hydrogen-bond acceptors (Lipinski definition) is 5. The second-order valence-corrected chi connectivity index (χ2v) is 7.01. The summed E-state index contributed by atoms with van der Waals surface area (Å²) in [5.74, 6) is -9.20. The van der Waals surface area contributed by atoms with Gasteiger partial charge in [-0.2, -0.15) is 0 Å². The number of aryl methyl sites for hydroxylation is 2. The first kappa shape index (κ1) is 19.0. The zero-order valence-electron chi connectivity index (χ0n) is 14.2. The minimum atomic E-state index is -2.12. The van der Waals surface area contributed by atoms with E-state index in [0.29, 0.717) is 10.2 Å². The van der Waals surface area contributed by atoms with Gasteiger partial charge in [0, 0.05) is 4.88 Å². The van der Waals surface area contributed by atoms with E-state index in [0.717, 1.165) is 10.4 Å². The van der Waals surface area contributed by atoms with Gasteiger partial charge in [0.1, 0.15) is 10.4 Å². The van der Waals surface area contributed by atoms with Crippen molar-refractivity contribution in [3.8, 4) is 0 Å². The molecule has 142 valence electrons. The number of nitrogens with zero attached hydrogens (tertiary/aromatic N) is 1. The molecule has 0 spiro atoms. The van der Waals surface area contributed by atoms with Crippen LogP contribution >= 0.6 is 11.3 Å². The molecule has 1 aromatic carbocycles. The van der Waals surface area contributed by atoms with Crippen LogP contribution in [0.3, 0.4) is 0 Å².